The summed E-state index contributed by atoms with van der Waals surface area (Å²) in [5.74, 6) is -0.357. The molecule has 6 nitrogen and oxygen atoms in total. The van der Waals surface area contributed by atoms with Crippen LogP contribution in [0.25, 0.3) is 0 Å². The van der Waals surface area contributed by atoms with E-state index in [1.807, 2.05) is 0 Å². The Hall–Kier alpha value is -1.37. The second-order valence-corrected chi connectivity index (χ2v) is 5.02. The molecule has 0 aliphatic carbocycles. The number of aliphatic hydroxyl groups excluding tert-OH is 1. The van der Waals surface area contributed by atoms with Crippen molar-refractivity contribution in [3.63, 3.8) is 0 Å². The summed E-state index contributed by atoms with van der Waals surface area (Å²) < 4.78 is 5.04. The molecule has 0 heterocycles. The van der Waals surface area contributed by atoms with Gasteiger partial charge in [-0.2, -0.15) is 12.6 Å². The summed E-state index contributed by atoms with van der Waals surface area (Å²) in [7, 11) is 0. The third kappa shape index (κ3) is 7.83. The van der Waals surface area contributed by atoms with E-state index in [2.05, 4.69) is 23.3 Å². The predicted octanol–water partition coefficient (Wildman–Crippen LogP) is 1.34. The van der Waals surface area contributed by atoms with Crippen molar-refractivity contribution in [1.29, 1.82) is 0 Å². The normalized spacial score (nSPS) is 13.7. The molecule has 2 amide bonds. The highest BCUT2D eigenvalue weighted by atomic mass is 32.1. The molecular formula is C11H20N2O4S. The molecule has 0 fully saturated rings. The fourth-order valence-corrected chi connectivity index (χ4v) is 1.22. The number of hydrogen-bond acceptors (Lipinski definition) is 5. The van der Waals surface area contributed by atoms with E-state index >= 15 is 0 Å². The first kappa shape index (κ1) is 16.6. The van der Waals surface area contributed by atoms with Crippen LogP contribution in [0.1, 0.15) is 27.7 Å². The lowest BCUT2D eigenvalue weighted by Gasteiger charge is -2.22. The minimum absolute atomic E-state index is 0.168. The lowest BCUT2D eigenvalue weighted by molar-refractivity contribution is -0.118. The molecule has 0 rings (SSSR count). The van der Waals surface area contributed by atoms with Gasteiger partial charge in [-0.15, -0.1) is 0 Å². The van der Waals surface area contributed by atoms with Gasteiger partial charge >= 0.3 is 6.09 Å². The summed E-state index contributed by atoms with van der Waals surface area (Å²) in [5, 5.41) is 14.4. The van der Waals surface area contributed by atoms with Gasteiger partial charge in [0.2, 0.25) is 5.91 Å². The van der Waals surface area contributed by atoms with Gasteiger partial charge in [0.15, 0.2) is 0 Å². The van der Waals surface area contributed by atoms with Gasteiger partial charge in [0.25, 0.3) is 0 Å². The van der Waals surface area contributed by atoms with Crippen LogP contribution in [-0.4, -0.2) is 34.5 Å². The molecule has 0 aromatic carbocycles. The van der Waals surface area contributed by atoms with Crippen molar-refractivity contribution in [3.05, 3.63) is 12.0 Å². The molecule has 0 aliphatic heterocycles. The zero-order valence-electron chi connectivity index (χ0n) is 11.0. The molecule has 18 heavy (non-hydrogen) atoms. The molecular weight excluding hydrogens is 256 g/mol. The highest BCUT2D eigenvalue weighted by molar-refractivity contribution is 7.80. The van der Waals surface area contributed by atoms with E-state index in [0.717, 1.165) is 6.20 Å². The maximum Gasteiger partial charge on any atom is 0.408 e. The molecule has 0 unspecified atom stereocenters. The van der Waals surface area contributed by atoms with E-state index < -0.39 is 17.7 Å². The van der Waals surface area contributed by atoms with Crippen LogP contribution in [0.15, 0.2) is 12.0 Å². The molecule has 0 aliphatic rings. The minimum Gasteiger partial charge on any atom is -0.509 e. The van der Waals surface area contributed by atoms with Gasteiger partial charge in [0.1, 0.15) is 11.4 Å². The number of hydrogen-bond donors (Lipinski definition) is 4. The fourth-order valence-electron chi connectivity index (χ4n) is 0.939. The topological polar surface area (TPSA) is 87.7 Å². The van der Waals surface area contributed by atoms with Crippen molar-refractivity contribution < 1.29 is 19.4 Å². The lowest BCUT2D eigenvalue weighted by atomic mass is 10.2. The quantitative estimate of drug-likeness (QED) is 0.461. The van der Waals surface area contributed by atoms with E-state index in [9.17, 15) is 14.7 Å². The Bertz CT molecular complexity index is 336. The van der Waals surface area contributed by atoms with Gasteiger partial charge in [0, 0.05) is 18.9 Å². The Labute approximate surface area is 112 Å². The molecule has 104 valence electrons. The zero-order chi connectivity index (χ0) is 14.3. The van der Waals surface area contributed by atoms with Gasteiger partial charge in [-0.05, 0) is 20.8 Å². The van der Waals surface area contributed by atoms with Crippen molar-refractivity contribution >= 4 is 24.6 Å². The van der Waals surface area contributed by atoms with Gasteiger partial charge in [-0.25, -0.2) is 4.79 Å². The van der Waals surface area contributed by atoms with Crippen LogP contribution in [0.4, 0.5) is 4.79 Å². The van der Waals surface area contributed by atoms with Gasteiger partial charge in [-0.1, -0.05) is 0 Å². The van der Waals surface area contributed by atoms with Gasteiger partial charge in [0.05, 0.1) is 6.04 Å². The number of alkyl carbamates (subject to hydrolysis) is 1. The maximum atomic E-state index is 11.5. The minimum atomic E-state index is -0.727. The number of carbonyl (C=O) groups is 2. The van der Waals surface area contributed by atoms with Crippen LogP contribution >= 0.6 is 12.6 Å². The van der Waals surface area contributed by atoms with Crippen LogP contribution in [0.2, 0.25) is 0 Å². The largest absolute Gasteiger partial charge is 0.509 e. The SMILES string of the molecule is CC(=O)NC=C(O)[C@H](CS)NC(=O)OC(C)(C)C. The Morgan fingerprint density at radius 2 is 2.00 bits per heavy atom. The molecule has 0 saturated carbocycles. The van der Waals surface area contributed by atoms with Crippen molar-refractivity contribution in [2.45, 2.75) is 39.3 Å². The number of ether oxygens (including phenoxy) is 1. The number of amides is 2. The third-order valence-electron chi connectivity index (χ3n) is 1.65. The van der Waals surface area contributed by atoms with Crippen LogP contribution in [-0.2, 0) is 9.53 Å². The Morgan fingerprint density at radius 1 is 1.44 bits per heavy atom. The van der Waals surface area contributed by atoms with Crippen molar-refractivity contribution in [2.24, 2.45) is 0 Å². The van der Waals surface area contributed by atoms with E-state index in [1.54, 1.807) is 20.8 Å². The van der Waals surface area contributed by atoms with E-state index in [4.69, 9.17) is 4.74 Å². The summed E-state index contributed by atoms with van der Waals surface area (Å²) >= 11 is 4.00. The van der Waals surface area contributed by atoms with Crippen LogP contribution < -0.4 is 10.6 Å². The number of thiol groups is 1. The Balaban J connectivity index is 4.47. The summed E-state index contributed by atoms with van der Waals surface area (Å²) in [6, 6.07) is -0.727. The zero-order valence-corrected chi connectivity index (χ0v) is 11.9. The van der Waals surface area contributed by atoms with Gasteiger partial charge < -0.3 is 20.5 Å². The third-order valence-corrected chi connectivity index (χ3v) is 2.02. The monoisotopic (exact) mass is 276 g/mol. The number of rotatable bonds is 4. The molecule has 0 aromatic rings. The van der Waals surface area contributed by atoms with Crippen LogP contribution in [0.3, 0.4) is 0 Å². The Morgan fingerprint density at radius 3 is 2.39 bits per heavy atom. The summed E-state index contributed by atoms with van der Waals surface area (Å²) in [4.78, 5) is 22.1. The van der Waals surface area contributed by atoms with Crippen molar-refractivity contribution in [3.8, 4) is 0 Å². The Kier molecular flexibility index (Phi) is 6.61. The molecule has 0 radical (unpaired) electrons. The first-order valence-corrected chi connectivity index (χ1v) is 6.05. The lowest BCUT2D eigenvalue weighted by Crippen LogP contribution is -2.41. The highest BCUT2D eigenvalue weighted by Gasteiger charge is 2.20. The van der Waals surface area contributed by atoms with Crippen LogP contribution in [0.5, 0.6) is 0 Å². The van der Waals surface area contributed by atoms with E-state index in [1.165, 1.54) is 6.92 Å². The van der Waals surface area contributed by atoms with E-state index in [0.29, 0.717) is 0 Å². The molecule has 0 saturated heterocycles. The standard InChI is InChI=1S/C11H20N2O4S/c1-7(14)12-5-9(15)8(6-18)13-10(16)17-11(2,3)4/h5,8,15,18H,6H2,1-4H3,(H,12,14)(H,13,16)/t8-/m0/s1. The highest BCUT2D eigenvalue weighted by Crippen LogP contribution is 2.08. The molecule has 0 spiro atoms. The average molecular weight is 276 g/mol. The molecule has 7 heteroatoms. The number of nitrogens with one attached hydrogen (secondary N) is 2. The number of aliphatic hydroxyl groups is 1. The molecule has 0 aromatic heterocycles. The molecule has 3 N–H and O–H groups in total. The van der Waals surface area contributed by atoms with Crippen LogP contribution in [0, 0.1) is 0 Å². The summed E-state index contributed by atoms with van der Waals surface area (Å²) in [6.45, 7) is 6.50. The average Bonchev–Trinajstić information content (AvgIpc) is 2.19. The predicted molar refractivity (Wildman–Crippen MR) is 71.5 cm³/mol. The summed E-state index contributed by atoms with van der Waals surface area (Å²) in [6.07, 6.45) is 0.449. The first-order valence-electron chi connectivity index (χ1n) is 5.42. The second kappa shape index (κ2) is 7.15. The molecule has 1 atom stereocenters. The number of carbonyl (C=O) groups excluding carboxylic acids is 2. The molecule has 0 bridgehead atoms. The maximum absolute atomic E-state index is 11.5. The van der Waals surface area contributed by atoms with E-state index in [-0.39, 0.29) is 17.4 Å². The van der Waals surface area contributed by atoms with Crippen molar-refractivity contribution in [1.82, 2.24) is 10.6 Å². The summed E-state index contributed by atoms with van der Waals surface area (Å²) in [5.41, 5.74) is -0.623. The van der Waals surface area contributed by atoms with Crippen molar-refractivity contribution in [2.75, 3.05) is 5.75 Å². The second-order valence-electron chi connectivity index (χ2n) is 4.65. The first-order chi connectivity index (χ1) is 8.15. The smallest absolute Gasteiger partial charge is 0.408 e. The van der Waals surface area contributed by atoms with Gasteiger partial charge in [-0.3, -0.25) is 4.79 Å². The fraction of sp³-hybridized carbons (Fsp3) is 0.636.